The number of carbonyl (C=O) groups excluding carboxylic acids is 2. The molecule has 0 bridgehead atoms. The molecule has 21 heavy (non-hydrogen) atoms. The maximum atomic E-state index is 12.1. The summed E-state index contributed by atoms with van der Waals surface area (Å²) in [5.74, 6) is -1.78. The van der Waals surface area contributed by atoms with Gasteiger partial charge in [0.2, 0.25) is 6.10 Å². The van der Waals surface area contributed by atoms with E-state index < -0.39 is 18.0 Å². The van der Waals surface area contributed by atoms with Crippen LogP contribution in [0.25, 0.3) is 0 Å². The summed E-state index contributed by atoms with van der Waals surface area (Å²) < 4.78 is 5.15. The summed E-state index contributed by atoms with van der Waals surface area (Å²) in [5, 5.41) is 9.71. The molecule has 1 amide bonds. The molecular formula is C16H15NO4. The first-order valence-corrected chi connectivity index (χ1v) is 6.34. The third-order valence-corrected chi connectivity index (χ3v) is 2.96. The van der Waals surface area contributed by atoms with Gasteiger partial charge >= 0.3 is 5.97 Å². The molecule has 0 aliphatic heterocycles. The summed E-state index contributed by atoms with van der Waals surface area (Å²) >= 11 is 0. The summed E-state index contributed by atoms with van der Waals surface area (Å²) in [4.78, 5) is 23.6. The van der Waals surface area contributed by atoms with Crippen molar-refractivity contribution in [1.29, 1.82) is 0 Å². The number of phenols is 1. The van der Waals surface area contributed by atoms with Crippen LogP contribution in [0.5, 0.6) is 5.75 Å². The number of esters is 1. The lowest BCUT2D eigenvalue weighted by atomic mass is 10.1. The normalized spacial score (nSPS) is 11.7. The van der Waals surface area contributed by atoms with E-state index in [0.717, 1.165) is 5.56 Å². The highest BCUT2D eigenvalue weighted by Gasteiger charge is 2.24. The Balaban J connectivity index is 2.27. The predicted molar refractivity (Wildman–Crippen MR) is 76.6 cm³/mol. The van der Waals surface area contributed by atoms with Crippen LogP contribution in [0.3, 0.4) is 0 Å². The topological polar surface area (TPSA) is 89.6 Å². The molecule has 2 aromatic carbocycles. The van der Waals surface area contributed by atoms with Gasteiger partial charge in [-0.1, -0.05) is 42.0 Å². The van der Waals surface area contributed by atoms with Crippen LogP contribution >= 0.6 is 0 Å². The number of nitrogens with two attached hydrogens (primary N) is 1. The Hall–Kier alpha value is -2.82. The van der Waals surface area contributed by atoms with Crippen LogP contribution in [0.15, 0.2) is 48.5 Å². The number of phenolic OH excluding ortho intramolecular Hbond substituents is 1. The highest BCUT2D eigenvalue weighted by atomic mass is 16.5. The molecule has 2 aromatic rings. The predicted octanol–water partition coefficient (Wildman–Crippen LogP) is 2.08. The molecule has 0 heterocycles. The molecule has 0 saturated carbocycles. The second kappa shape index (κ2) is 6.09. The zero-order valence-electron chi connectivity index (χ0n) is 11.4. The fourth-order valence-corrected chi connectivity index (χ4v) is 1.90. The number of amides is 1. The lowest BCUT2D eigenvalue weighted by molar-refractivity contribution is -0.127. The van der Waals surface area contributed by atoms with E-state index in [1.807, 2.05) is 0 Å². The number of hydrogen-bond donors (Lipinski definition) is 2. The molecule has 0 aromatic heterocycles. The molecular weight excluding hydrogens is 270 g/mol. The minimum atomic E-state index is -1.20. The van der Waals surface area contributed by atoms with Gasteiger partial charge in [0.05, 0.1) is 0 Å². The van der Waals surface area contributed by atoms with Crippen molar-refractivity contribution in [3.8, 4) is 5.75 Å². The maximum absolute atomic E-state index is 12.1. The molecule has 0 spiro atoms. The van der Waals surface area contributed by atoms with E-state index in [4.69, 9.17) is 10.5 Å². The van der Waals surface area contributed by atoms with E-state index in [0.29, 0.717) is 5.56 Å². The first-order chi connectivity index (χ1) is 9.99. The van der Waals surface area contributed by atoms with Crippen molar-refractivity contribution in [2.45, 2.75) is 13.0 Å². The lowest BCUT2D eigenvalue weighted by Gasteiger charge is -2.15. The first-order valence-electron chi connectivity index (χ1n) is 6.34. The number of primary amides is 1. The monoisotopic (exact) mass is 285 g/mol. The van der Waals surface area contributed by atoms with Crippen molar-refractivity contribution in [3.63, 3.8) is 0 Å². The molecule has 5 heteroatoms. The molecule has 0 aliphatic carbocycles. The van der Waals surface area contributed by atoms with Crippen molar-refractivity contribution in [1.82, 2.24) is 0 Å². The average molecular weight is 285 g/mol. The van der Waals surface area contributed by atoms with Crippen LogP contribution < -0.4 is 5.73 Å². The number of ether oxygens (including phenoxy) is 1. The first kappa shape index (κ1) is 14.6. The largest absolute Gasteiger partial charge is 0.507 e. The van der Waals surface area contributed by atoms with Crippen molar-refractivity contribution in [2.75, 3.05) is 0 Å². The van der Waals surface area contributed by atoms with Gasteiger partial charge in [0.25, 0.3) is 5.91 Å². The van der Waals surface area contributed by atoms with Gasteiger partial charge in [0, 0.05) is 5.56 Å². The second-order valence-electron chi connectivity index (χ2n) is 4.62. The van der Waals surface area contributed by atoms with Gasteiger partial charge in [-0.05, 0) is 19.1 Å². The van der Waals surface area contributed by atoms with Crippen molar-refractivity contribution in [2.24, 2.45) is 5.73 Å². The molecule has 1 atom stereocenters. The van der Waals surface area contributed by atoms with Gasteiger partial charge in [-0.25, -0.2) is 4.79 Å². The average Bonchev–Trinajstić information content (AvgIpc) is 2.47. The number of hydrogen-bond acceptors (Lipinski definition) is 4. The summed E-state index contributed by atoms with van der Waals surface area (Å²) in [6, 6.07) is 13.0. The fourth-order valence-electron chi connectivity index (χ4n) is 1.90. The zero-order chi connectivity index (χ0) is 15.4. The van der Waals surface area contributed by atoms with Crippen molar-refractivity contribution < 1.29 is 19.4 Å². The Morgan fingerprint density at radius 1 is 1.14 bits per heavy atom. The SMILES string of the molecule is Cc1ccc(O)c(C(=O)O[C@H](C(N)=O)c2ccccc2)c1. The minimum absolute atomic E-state index is 0.00261. The number of aryl methyl sites for hydroxylation is 1. The second-order valence-corrected chi connectivity index (χ2v) is 4.62. The summed E-state index contributed by atoms with van der Waals surface area (Å²) in [6.07, 6.45) is -1.20. The Labute approximate surface area is 122 Å². The van der Waals surface area contributed by atoms with Gasteiger partial charge in [-0.3, -0.25) is 4.79 Å². The van der Waals surface area contributed by atoms with E-state index in [2.05, 4.69) is 0 Å². The van der Waals surface area contributed by atoms with Gasteiger partial charge in [0.1, 0.15) is 11.3 Å². The summed E-state index contributed by atoms with van der Waals surface area (Å²) in [6.45, 7) is 1.78. The summed E-state index contributed by atoms with van der Waals surface area (Å²) in [7, 11) is 0. The molecule has 3 N–H and O–H groups in total. The quantitative estimate of drug-likeness (QED) is 0.842. The van der Waals surface area contributed by atoms with E-state index in [1.54, 1.807) is 43.3 Å². The van der Waals surface area contributed by atoms with Crippen LogP contribution in [-0.2, 0) is 9.53 Å². The van der Waals surface area contributed by atoms with E-state index in [9.17, 15) is 14.7 Å². The molecule has 0 aliphatic rings. The van der Waals surface area contributed by atoms with Crippen LogP contribution in [0.1, 0.15) is 27.6 Å². The number of rotatable bonds is 4. The van der Waals surface area contributed by atoms with E-state index in [-0.39, 0.29) is 11.3 Å². The Bertz CT molecular complexity index is 667. The number of aromatic hydroxyl groups is 1. The number of benzene rings is 2. The van der Waals surface area contributed by atoms with E-state index in [1.165, 1.54) is 12.1 Å². The van der Waals surface area contributed by atoms with Crippen molar-refractivity contribution >= 4 is 11.9 Å². The van der Waals surface area contributed by atoms with Crippen molar-refractivity contribution in [3.05, 3.63) is 65.2 Å². The highest BCUT2D eigenvalue weighted by molar-refractivity contribution is 5.94. The molecule has 0 saturated heterocycles. The highest BCUT2D eigenvalue weighted by Crippen LogP contribution is 2.23. The lowest BCUT2D eigenvalue weighted by Crippen LogP contribution is -2.26. The fraction of sp³-hybridized carbons (Fsp3) is 0.125. The van der Waals surface area contributed by atoms with Crippen LogP contribution in [-0.4, -0.2) is 17.0 Å². The Kier molecular flexibility index (Phi) is 4.23. The maximum Gasteiger partial charge on any atom is 0.343 e. The molecule has 0 fully saturated rings. The minimum Gasteiger partial charge on any atom is -0.507 e. The van der Waals surface area contributed by atoms with Crippen LogP contribution in [0.2, 0.25) is 0 Å². The van der Waals surface area contributed by atoms with Gasteiger partial charge < -0.3 is 15.6 Å². The standard InChI is InChI=1S/C16H15NO4/c1-10-7-8-13(18)12(9-10)16(20)21-14(15(17)19)11-5-3-2-4-6-11/h2-9,14,18H,1H3,(H2,17,19)/t14-/m0/s1. The number of carbonyl (C=O) groups is 2. The molecule has 108 valence electrons. The smallest absolute Gasteiger partial charge is 0.343 e. The molecule has 2 rings (SSSR count). The Morgan fingerprint density at radius 2 is 1.81 bits per heavy atom. The molecule has 0 unspecified atom stereocenters. The zero-order valence-corrected chi connectivity index (χ0v) is 11.4. The third-order valence-electron chi connectivity index (χ3n) is 2.96. The third kappa shape index (κ3) is 3.39. The molecule has 5 nitrogen and oxygen atoms in total. The van der Waals surface area contributed by atoms with Gasteiger partial charge in [-0.15, -0.1) is 0 Å². The van der Waals surface area contributed by atoms with Gasteiger partial charge in [0.15, 0.2) is 0 Å². The Morgan fingerprint density at radius 3 is 2.43 bits per heavy atom. The van der Waals surface area contributed by atoms with Crippen LogP contribution in [0, 0.1) is 6.92 Å². The summed E-state index contributed by atoms with van der Waals surface area (Å²) in [5.41, 5.74) is 6.55. The molecule has 0 radical (unpaired) electrons. The van der Waals surface area contributed by atoms with Gasteiger partial charge in [-0.2, -0.15) is 0 Å². The van der Waals surface area contributed by atoms with E-state index >= 15 is 0 Å². The van der Waals surface area contributed by atoms with Crippen LogP contribution in [0.4, 0.5) is 0 Å².